The van der Waals surface area contributed by atoms with Gasteiger partial charge in [0.1, 0.15) is 5.82 Å². The quantitative estimate of drug-likeness (QED) is 0.833. The van der Waals surface area contributed by atoms with Crippen molar-refractivity contribution in [1.29, 1.82) is 0 Å². The molecule has 0 amide bonds. The highest BCUT2D eigenvalue weighted by Gasteiger charge is 2.15. The second-order valence-corrected chi connectivity index (χ2v) is 6.33. The van der Waals surface area contributed by atoms with Gasteiger partial charge in [-0.15, -0.1) is 0 Å². The predicted octanol–water partition coefficient (Wildman–Crippen LogP) is 4.43. The topological polar surface area (TPSA) is 59.1 Å². The molecule has 122 valence electrons. The molecule has 1 unspecified atom stereocenters. The molecule has 0 saturated carbocycles. The van der Waals surface area contributed by atoms with Gasteiger partial charge in [-0.25, -0.2) is 4.98 Å². The van der Waals surface area contributed by atoms with Crippen molar-refractivity contribution in [3.8, 4) is 0 Å². The Kier molecular flexibility index (Phi) is 5.20. The second-order valence-electron chi connectivity index (χ2n) is 5.48. The molecule has 0 bridgehead atoms. The third kappa shape index (κ3) is 4.47. The van der Waals surface area contributed by atoms with E-state index in [4.69, 9.17) is 27.9 Å². The molecule has 0 aliphatic carbocycles. The van der Waals surface area contributed by atoms with Gasteiger partial charge in [-0.2, -0.15) is 4.98 Å². The van der Waals surface area contributed by atoms with Gasteiger partial charge in [0, 0.05) is 29.9 Å². The Morgan fingerprint density at radius 3 is 2.87 bits per heavy atom. The number of halogens is 2. The van der Waals surface area contributed by atoms with Gasteiger partial charge in [0.05, 0.1) is 16.8 Å². The highest BCUT2D eigenvalue weighted by Crippen LogP contribution is 2.27. The van der Waals surface area contributed by atoms with Gasteiger partial charge in [-0.1, -0.05) is 23.2 Å². The fourth-order valence-corrected chi connectivity index (χ4v) is 2.91. The number of benzene rings is 1. The van der Waals surface area contributed by atoms with Crippen LogP contribution in [0.25, 0.3) is 0 Å². The van der Waals surface area contributed by atoms with Crippen molar-refractivity contribution >= 4 is 40.7 Å². The average molecular weight is 353 g/mol. The maximum atomic E-state index is 6.17. The van der Waals surface area contributed by atoms with Crippen molar-refractivity contribution in [2.45, 2.75) is 25.9 Å². The van der Waals surface area contributed by atoms with Gasteiger partial charge in [0.15, 0.2) is 0 Å². The van der Waals surface area contributed by atoms with Crippen LogP contribution < -0.4 is 10.6 Å². The minimum atomic E-state index is 0.257. The van der Waals surface area contributed by atoms with Crippen LogP contribution in [0.1, 0.15) is 18.5 Å². The first-order valence-corrected chi connectivity index (χ1v) is 8.29. The largest absolute Gasteiger partial charge is 0.376 e. The summed E-state index contributed by atoms with van der Waals surface area (Å²) in [6.45, 7) is 3.52. The zero-order valence-electron chi connectivity index (χ0n) is 12.8. The van der Waals surface area contributed by atoms with Crippen molar-refractivity contribution in [3.63, 3.8) is 0 Å². The molecular weight excluding hydrogens is 335 g/mol. The van der Waals surface area contributed by atoms with E-state index in [2.05, 4.69) is 20.6 Å². The number of hydrogen-bond donors (Lipinski definition) is 2. The molecule has 2 aromatic rings. The summed E-state index contributed by atoms with van der Waals surface area (Å²) in [6, 6.07) is 7.15. The summed E-state index contributed by atoms with van der Waals surface area (Å²) in [7, 11) is 0. The van der Waals surface area contributed by atoms with Crippen molar-refractivity contribution in [2.24, 2.45) is 0 Å². The van der Waals surface area contributed by atoms with Gasteiger partial charge in [-0.05, 0) is 38.0 Å². The predicted molar refractivity (Wildman–Crippen MR) is 94.0 cm³/mol. The molecule has 2 heterocycles. The highest BCUT2D eigenvalue weighted by molar-refractivity contribution is 6.36. The molecule has 1 aliphatic heterocycles. The Hall–Kier alpha value is -1.56. The van der Waals surface area contributed by atoms with E-state index in [0.717, 1.165) is 37.5 Å². The smallest absolute Gasteiger partial charge is 0.229 e. The molecule has 0 radical (unpaired) electrons. The van der Waals surface area contributed by atoms with Gasteiger partial charge in [0.2, 0.25) is 5.95 Å². The minimum Gasteiger partial charge on any atom is -0.376 e. The SMILES string of the molecule is Cc1cc(NCC2CCCO2)nc(Nc2ccc(Cl)cc2Cl)n1. The molecule has 1 aromatic carbocycles. The van der Waals surface area contributed by atoms with Gasteiger partial charge >= 0.3 is 0 Å². The summed E-state index contributed by atoms with van der Waals surface area (Å²) < 4.78 is 5.61. The molecule has 1 fully saturated rings. The number of nitrogens with one attached hydrogen (secondary N) is 2. The fourth-order valence-electron chi connectivity index (χ4n) is 2.45. The normalized spacial score (nSPS) is 17.3. The maximum absolute atomic E-state index is 6.17. The lowest BCUT2D eigenvalue weighted by atomic mass is 10.2. The molecule has 2 N–H and O–H groups in total. The molecule has 1 aliphatic rings. The molecule has 1 aromatic heterocycles. The van der Waals surface area contributed by atoms with Crippen LogP contribution in [0, 0.1) is 6.92 Å². The lowest BCUT2D eigenvalue weighted by Gasteiger charge is -2.13. The Bertz CT molecular complexity index is 690. The number of aryl methyl sites for hydroxylation is 1. The summed E-state index contributed by atoms with van der Waals surface area (Å²) in [6.07, 6.45) is 2.46. The first-order valence-electron chi connectivity index (χ1n) is 7.53. The fraction of sp³-hybridized carbons (Fsp3) is 0.375. The summed E-state index contributed by atoms with van der Waals surface area (Å²) in [5, 5.41) is 7.54. The van der Waals surface area contributed by atoms with E-state index in [0.29, 0.717) is 21.7 Å². The molecule has 0 spiro atoms. The third-order valence-corrected chi connectivity index (χ3v) is 4.11. The van der Waals surface area contributed by atoms with Crippen LogP contribution >= 0.6 is 23.2 Å². The Morgan fingerprint density at radius 1 is 1.26 bits per heavy atom. The van der Waals surface area contributed by atoms with E-state index >= 15 is 0 Å². The van der Waals surface area contributed by atoms with E-state index in [1.54, 1.807) is 18.2 Å². The van der Waals surface area contributed by atoms with Crippen LogP contribution in [0.3, 0.4) is 0 Å². The standard InChI is InChI=1S/C16H18Cl2N4O/c1-10-7-15(19-9-12-3-2-6-23-12)22-16(20-10)21-14-5-4-11(17)8-13(14)18/h4-5,7-8,12H,2-3,6,9H2,1H3,(H2,19,20,21,22). The number of ether oxygens (including phenoxy) is 1. The monoisotopic (exact) mass is 352 g/mol. The van der Waals surface area contributed by atoms with E-state index in [-0.39, 0.29) is 6.10 Å². The average Bonchev–Trinajstić information content (AvgIpc) is 3.01. The van der Waals surface area contributed by atoms with Gasteiger partial charge in [0.25, 0.3) is 0 Å². The van der Waals surface area contributed by atoms with E-state index in [1.165, 1.54) is 0 Å². The number of aromatic nitrogens is 2. The first-order chi connectivity index (χ1) is 11.1. The van der Waals surface area contributed by atoms with E-state index in [9.17, 15) is 0 Å². The summed E-state index contributed by atoms with van der Waals surface area (Å²) >= 11 is 12.1. The summed E-state index contributed by atoms with van der Waals surface area (Å²) in [5.41, 5.74) is 1.58. The molecule has 7 heteroatoms. The van der Waals surface area contributed by atoms with E-state index < -0.39 is 0 Å². The molecule has 23 heavy (non-hydrogen) atoms. The number of hydrogen-bond acceptors (Lipinski definition) is 5. The molecule has 1 atom stereocenters. The number of nitrogens with zero attached hydrogens (tertiary/aromatic N) is 2. The van der Waals surface area contributed by atoms with Crippen LogP contribution in [0.15, 0.2) is 24.3 Å². The van der Waals surface area contributed by atoms with Crippen LogP contribution in [0.4, 0.5) is 17.5 Å². The zero-order chi connectivity index (χ0) is 16.2. The maximum Gasteiger partial charge on any atom is 0.229 e. The highest BCUT2D eigenvalue weighted by atomic mass is 35.5. The molecular formula is C16H18Cl2N4O. The van der Waals surface area contributed by atoms with Crippen LogP contribution in [0.5, 0.6) is 0 Å². The Labute approximate surface area is 145 Å². The van der Waals surface area contributed by atoms with Crippen LogP contribution in [0.2, 0.25) is 10.0 Å². The van der Waals surface area contributed by atoms with Crippen LogP contribution in [-0.2, 0) is 4.74 Å². The summed E-state index contributed by atoms with van der Waals surface area (Å²) in [4.78, 5) is 8.86. The Morgan fingerprint density at radius 2 is 2.13 bits per heavy atom. The molecule has 1 saturated heterocycles. The Balaban J connectivity index is 1.71. The lowest BCUT2D eigenvalue weighted by Crippen LogP contribution is -2.19. The third-order valence-electron chi connectivity index (χ3n) is 3.57. The second kappa shape index (κ2) is 7.34. The van der Waals surface area contributed by atoms with Crippen molar-refractivity contribution in [1.82, 2.24) is 9.97 Å². The van der Waals surface area contributed by atoms with Crippen LogP contribution in [-0.4, -0.2) is 29.2 Å². The zero-order valence-corrected chi connectivity index (χ0v) is 14.3. The van der Waals surface area contributed by atoms with Crippen molar-refractivity contribution in [2.75, 3.05) is 23.8 Å². The minimum absolute atomic E-state index is 0.257. The van der Waals surface area contributed by atoms with E-state index in [1.807, 2.05) is 13.0 Å². The van der Waals surface area contributed by atoms with Crippen molar-refractivity contribution in [3.05, 3.63) is 40.0 Å². The number of anilines is 3. The number of rotatable bonds is 5. The van der Waals surface area contributed by atoms with Gasteiger partial charge < -0.3 is 15.4 Å². The first kappa shape index (κ1) is 16.3. The lowest BCUT2D eigenvalue weighted by molar-refractivity contribution is 0.120. The molecule has 3 rings (SSSR count). The van der Waals surface area contributed by atoms with Crippen molar-refractivity contribution < 1.29 is 4.74 Å². The van der Waals surface area contributed by atoms with Gasteiger partial charge in [-0.3, -0.25) is 0 Å². The molecule has 5 nitrogen and oxygen atoms in total. The summed E-state index contributed by atoms with van der Waals surface area (Å²) in [5.74, 6) is 1.25.